The number of ether oxygens (including phenoxy) is 1. The minimum absolute atomic E-state index is 0.0628. The minimum atomic E-state index is -4.64. The number of aromatic carboxylic acids is 1. The van der Waals surface area contributed by atoms with E-state index < -0.39 is 62.0 Å². The van der Waals surface area contributed by atoms with Crippen molar-refractivity contribution in [2.45, 2.75) is 37.9 Å². The lowest BCUT2D eigenvalue weighted by atomic mass is 10.2. The summed E-state index contributed by atoms with van der Waals surface area (Å²) in [6, 6.07) is 3.08. The number of esters is 1. The van der Waals surface area contributed by atoms with E-state index in [-0.39, 0.29) is 18.4 Å². The largest absolute Gasteiger partial charge is 0.505 e. The molecule has 0 spiro atoms. The Hall–Kier alpha value is -3.60. The second-order valence-corrected chi connectivity index (χ2v) is 7.39. The zero-order valence-electron chi connectivity index (χ0n) is 18.3. The van der Waals surface area contributed by atoms with Crippen molar-refractivity contribution in [1.29, 1.82) is 0 Å². The van der Waals surface area contributed by atoms with Crippen LogP contribution in [0.5, 0.6) is 0 Å². The Morgan fingerprint density at radius 3 is 1.75 bits per heavy atom. The van der Waals surface area contributed by atoms with E-state index in [2.05, 4.69) is 9.72 Å². The van der Waals surface area contributed by atoms with E-state index in [0.717, 1.165) is 0 Å². The molecule has 1 aliphatic heterocycles. The maximum absolute atomic E-state index is 10.5. The first-order valence-corrected chi connectivity index (χ1v) is 11.0. The first-order valence-electron chi connectivity index (χ1n) is 9.48. The number of cyclic esters (lactones) is 1. The van der Waals surface area contributed by atoms with Gasteiger partial charge in [0.05, 0.1) is 12.2 Å². The fourth-order valence-corrected chi connectivity index (χ4v) is 1.86. The molecule has 0 saturated carbocycles. The van der Waals surface area contributed by atoms with Gasteiger partial charge in [-0.25, -0.2) is 14.2 Å². The lowest BCUT2D eigenvalue weighted by Crippen LogP contribution is -2.31. The Morgan fingerprint density at radius 2 is 1.50 bits per heavy atom. The van der Waals surface area contributed by atoms with Crippen LogP contribution in [0.15, 0.2) is 36.0 Å². The van der Waals surface area contributed by atoms with E-state index in [1.165, 1.54) is 18.5 Å². The molecule has 10 N–H and O–H groups in total. The molecule has 1 aromatic rings. The first-order chi connectivity index (χ1) is 16.5. The molecule has 0 unspecified atom stereocenters. The standard InChI is InChI=1S/C6H5NO2.C6H8O6.C6H10O4.H3O4P/c8-6(9)5-2-1-3-7-4-5;7-1-2(8)5-3(9)4(10)6(11)12-5;7-5(8)3-1-2-4-6(9)10;1-5(2,3)4/h1-4H,(H,8,9);2,5,7-10H,1H2;1-4H2,(H,7,8)(H,9,10);(H3,1,2,3,4)/t;2-,5+;;/m.0../s1. The van der Waals surface area contributed by atoms with Gasteiger partial charge in [-0.3, -0.25) is 14.6 Å². The lowest BCUT2D eigenvalue weighted by Gasteiger charge is -2.13. The summed E-state index contributed by atoms with van der Waals surface area (Å²) < 4.78 is 13.2. The number of carbonyl (C=O) groups excluding carboxylic acids is 1. The van der Waals surface area contributed by atoms with Gasteiger partial charge < -0.3 is 55.2 Å². The van der Waals surface area contributed by atoms with Crippen LogP contribution < -0.4 is 0 Å². The SMILES string of the molecule is O=C(O)CCCCC(=O)O.O=C(O)c1cccnc1.O=C1O[C@H]([C@@H](O)CO)C(O)=C1O.O=P(O)(O)O. The molecule has 0 aliphatic carbocycles. The summed E-state index contributed by atoms with van der Waals surface area (Å²) in [6.07, 6.45) is 1.08. The van der Waals surface area contributed by atoms with Crippen LogP contribution in [0.4, 0.5) is 0 Å². The number of aromatic nitrogens is 1. The van der Waals surface area contributed by atoms with Crippen LogP contribution in [0.1, 0.15) is 36.0 Å². The molecule has 17 nitrogen and oxygen atoms in total. The number of unbranched alkanes of at least 4 members (excludes halogenated alkanes) is 1. The van der Waals surface area contributed by atoms with Crippen molar-refractivity contribution in [1.82, 2.24) is 4.98 Å². The fourth-order valence-electron chi connectivity index (χ4n) is 1.86. The zero-order valence-corrected chi connectivity index (χ0v) is 19.2. The molecule has 0 fully saturated rings. The third-order valence-corrected chi connectivity index (χ3v) is 3.42. The summed E-state index contributed by atoms with van der Waals surface area (Å²) in [6.45, 7) is -0.671. The number of aliphatic hydroxyl groups excluding tert-OH is 4. The summed E-state index contributed by atoms with van der Waals surface area (Å²) in [5.74, 6) is -5.46. The molecule has 204 valence electrons. The number of aliphatic carboxylic acids is 2. The smallest absolute Gasteiger partial charge is 0.466 e. The molecule has 18 heteroatoms. The number of rotatable bonds is 8. The predicted molar refractivity (Wildman–Crippen MR) is 114 cm³/mol. The molecule has 2 rings (SSSR count). The van der Waals surface area contributed by atoms with Gasteiger partial charge in [0.1, 0.15) is 6.10 Å². The van der Waals surface area contributed by atoms with Gasteiger partial charge in [0.25, 0.3) is 0 Å². The summed E-state index contributed by atoms with van der Waals surface area (Å²) in [5.41, 5.74) is 0.220. The summed E-state index contributed by atoms with van der Waals surface area (Å²) in [7, 11) is -4.64. The van der Waals surface area contributed by atoms with Crippen LogP contribution in [0, 0.1) is 0 Å². The molecule has 1 aromatic heterocycles. The molecule has 0 saturated heterocycles. The van der Waals surface area contributed by atoms with Gasteiger partial charge in [-0.1, -0.05) is 0 Å². The summed E-state index contributed by atoms with van der Waals surface area (Å²) >= 11 is 0. The van der Waals surface area contributed by atoms with Crippen molar-refractivity contribution in [2.75, 3.05) is 6.61 Å². The molecule has 1 aliphatic rings. The van der Waals surface area contributed by atoms with Gasteiger partial charge in [-0.15, -0.1) is 0 Å². The van der Waals surface area contributed by atoms with Crippen molar-refractivity contribution in [3.05, 3.63) is 41.6 Å². The molecular weight excluding hydrogens is 517 g/mol. The summed E-state index contributed by atoms with van der Waals surface area (Å²) in [4.78, 5) is 65.7. The van der Waals surface area contributed by atoms with Gasteiger partial charge in [0.15, 0.2) is 11.9 Å². The highest BCUT2D eigenvalue weighted by molar-refractivity contribution is 7.45. The second-order valence-electron chi connectivity index (χ2n) is 6.36. The van der Waals surface area contributed by atoms with Crippen molar-refractivity contribution >= 4 is 31.7 Å². The molecule has 0 aromatic carbocycles. The number of nitrogens with zero attached hydrogens (tertiary/aromatic N) is 1. The number of carbonyl (C=O) groups is 4. The Kier molecular flexibility index (Phi) is 17.1. The fraction of sp³-hybridized carbons (Fsp3) is 0.389. The topological polar surface area (TPSA) is 310 Å². The molecule has 36 heavy (non-hydrogen) atoms. The van der Waals surface area contributed by atoms with Crippen molar-refractivity contribution in [3.8, 4) is 0 Å². The molecule has 2 heterocycles. The third-order valence-electron chi connectivity index (χ3n) is 3.42. The zero-order chi connectivity index (χ0) is 28.5. The molecule has 0 radical (unpaired) electrons. The van der Waals surface area contributed by atoms with Crippen LogP contribution in [0.2, 0.25) is 0 Å². The van der Waals surface area contributed by atoms with Gasteiger partial charge in [0, 0.05) is 25.2 Å². The quantitative estimate of drug-likeness (QED) is 0.108. The second kappa shape index (κ2) is 17.8. The highest BCUT2D eigenvalue weighted by atomic mass is 31.2. The number of carboxylic acid groups (broad SMARTS) is 3. The number of phosphoric acid groups is 1. The Labute approximate surface area is 202 Å². The van der Waals surface area contributed by atoms with Crippen molar-refractivity contribution in [2.24, 2.45) is 0 Å². The van der Waals surface area contributed by atoms with E-state index in [0.29, 0.717) is 12.8 Å². The maximum Gasteiger partial charge on any atom is 0.466 e. The highest BCUT2D eigenvalue weighted by Gasteiger charge is 2.38. The number of hydrogen-bond acceptors (Lipinski definition) is 11. The Balaban J connectivity index is 0. The van der Waals surface area contributed by atoms with Crippen molar-refractivity contribution in [3.63, 3.8) is 0 Å². The number of aliphatic hydroxyl groups is 4. The average molecular weight is 543 g/mol. The van der Waals surface area contributed by atoms with Gasteiger partial charge in [-0.05, 0) is 25.0 Å². The van der Waals surface area contributed by atoms with E-state index in [1.807, 2.05) is 0 Å². The maximum atomic E-state index is 10.5. The van der Waals surface area contributed by atoms with Gasteiger partial charge in [0.2, 0.25) is 5.76 Å². The molecule has 0 amide bonds. The van der Waals surface area contributed by atoms with E-state index in [9.17, 15) is 19.2 Å². The Morgan fingerprint density at radius 1 is 1.03 bits per heavy atom. The molecule has 2 atom stereocenters. The average Bonchev–Trinajstić information content (AvgIpc) is 3.03. The minimum Gasteiger partial charge on any atom is -0.505 e. The van der Waals surface area contributed by atoms with Crippen LogP contribution in [0.3, 0.4) is 0 Å². The van der Waals surface area contributed by atoms with E-state index in [4.69, 9.17) is 55.0 Å². The number of hydrogen-bond donors (Lipinski definition) is 10. The van der Waals surface area contributed by atoms with Gasteiger partial charge in [-0.2, -0.15) is 0 Å². The van der Waals surface area contributed by atoms with Gasteiger partial charge >= 0.3 is 31.7 Å². The predicted octanol–water partition coefficient (Wildman–Crippen LogP) is -0.840. The summed E-state index contributed by atoms with van der Waals surface area (Å²) in [5, 5.41) is 59.7. The monoisotopic (exact) mass is 543 g/mol. The third kappa shape index (κ3) is 18.8. The van der Waals surface area contributed by atoms with Crippen LogP contribution in [0.25, 0.3) is 0 Å². The van der Waals surface area contributed by atoms with E-state index in [1.54, 1.807) is 6.07 Å². The van der Waals surface area contributed by atoms with Crippen LogP contribution >= 0.6 is 7.82 Å². The number of pyridine rings is 1. The Bertz CT molecular complexity index is 904. The van der Waals surface area contributed by atoms with Crippen LogP contribution in [-0.2, 0) is 23.7 Å². The van der Waals surface area contributed by atoms with Crippen LogP contribution in [-0.4, -0.2) is 98.1 Å². The van der Waals surface area contributed by atoms with E-state index >= 15 is 0 Å². The number of carboxylic acids is 3. The lowest BCUT2D eigenvalue weighted by molar-refractivity contribution is -0.147. The normalized spacial score (nSPS) is 15.0. The highest BCUT2D eigenvalue weighted by Crippen LogP contribution is 2.25. The first kappa shape index (κ1) is 34.6. The van der Waals surface area contributed by atoms with Crippen molar-refractivity contribution < 1.29 is 78.9 Å². The molecular formula is C18H26NO16P. The molecule has 0 bridgehead atoms.